The number of nitrogens with zero attached hydrogens (tertiary/aromatic N) is 1. The first-order valence-corrected chi connectivity index (χ1v) is 11.4. The summed E-state index contributed by atoms with van der Waals surface area (Å²) >= 11 is 0. The van der Waals surface area contributed by atoms with Crippen LogP contribution in [0.25, 0.3) is 17.0 Å². The molecular formula is C29H26FNO4. The normalized spacial score (nSPS) is 11.4. The Morgan fingerprint density at radius 1 is 0.971 bits per heavy atom. The van der Waals surface area contributed by atoms with Crippen LogP contribution in [-0.2, 0) is 18.0 Å². The van der Waals surface area contributed by atoms with E-state index in [1.54, 1.807) is 36.4 Å². The van der Waals surface area contributed by atoms with Crippen molar-refractivity contribution < 1.29 is 23.8 Å². The molecule has 35 heavy (non-hydrogen) atoms. The van der Waals surface area contributed by atoms with E-state index in [1.165, 1.54) is 12.1 Å². The van der Waals surface area contributed by atoms with E-state index in [-0.39, 0.29) is 24.6 Å². The van der Waals surface area contributed by atoms with Gasteiger partial charge in [0.05, 0.1) is 11.2 Å². The molecule has 0 unspecified atom stereocenters. The summed E-state index contributed by atoms with van der Waals surface area (Å²) in [6, 6.07) is 23.2. The minimum atomic E-state index is -0.969. The molecule has 0 aliphatic rings. The monoisotopic (exact) mass is 471 g/mol. The largest absolute Gasteiger partial charge is 0.488 e. The predicted molar refractivity (Wildman–Crippen MR) is 134 cm³/mol. The highest BCUT2D eigenvalue weighted by Crippen LogP contribution is 2.29. The maximum Gasteiger partial charge on any atom is 0.331 e. The molecule has 178 valence electrons. The summed E-state index contributed by atoms with van der Waals surface area (Å²) in [5.41, 5.74) is 3.37. The Morgan fingerprint density at radius 3 is 2.54 bits per heavy atom. The molecule has 0 radical (unpaired) electrons. The van der Waals surface area contributed by atoms with Crippen molar-refractivity contribution in [3.8, 4) is 11.5 Å². The predicted octanol–water partition coefficient (Wildman–Crippen LogP) is 6.80. The third-order valence-electron chi connectivity index (χ3n) is 5.46. The molecule has 4 rings (SSSR count). The van der Waals surface area contributed by atoms with Crippen LogP contribution in [0.3, 0.4) is 0 Å². The zero-order valence-electron chi connectivity index (χ0n) is 19.4. The van der Waals surface area contributed by atoms with Crippen LogP contribution in [0.1, 0.15) is 36.6 Å². The van der Waals surface area contributed by atoms with Crippen LogP contribution >= 0.6 is 0 Å². The molecule has 0 aliphatic carbocycles. The molecule has 0 atom stereocenters. The first-order chi connectivity index (χ1) is 17.0. The van der Waals surface area contributed by atoms with Crippen molar-refractivity contribution >= 4 is 22.9 Å². The fourth-order valence-corrected chi connectivity index (χ4v) is 3.65. The Kier molecular flexibility index (Phi) is 7.73. The summed E-state index contributed by atoms with van der Waals surface area (Å²) < 4.78 is 25.1. The Morgan fingerprint density at radius 2 is 1.77 bits per heavy atom. The van der Waals surface area contributed by atoms with Gasteiger partial charge in [0.2, 0.25) is 0 Å². The molecule has 1 N–H and O–H groups in total. The van der Waals surface area contributed by atoms with Crippen molar-refractivity contribution in [1.29, 1.82) is 0 Å². The number of hydrogen-bond donors (Lipinski definition) is 1. The Hall–Kier alpha value is -4.19. The molecule has 0 bridgehead atoms. The van der Waals surface area contributed by atoms with Gasteiger partial charge in [0.15, 0.2) is 0 Å². The molecule has 3 aromatic carbocycles. The second-order valence-electron chi connectivity index (χ2n) is 8.12. The van der Waals surface area contributed by atoms with Gasteiger partial charge in [0.1, 0.15) is 30.5 Å². The average molecular weight is 472 g/mol. The lowest BCUT2D eigenvalue weighted by Crippen LogP contribution is -2.03. The van der Waals surface area contributed by atoms with Crippen molar-refractivity contribution in [3.63, 3.8) is 0 Å². The number of benzene rings is 3. The lowest BCUT2D eigenvalue weighted by Gasteiger charge is -2.13. The molecule has 4 aromatic rings. The van der Waals surface area contributed by atoms with Crippen molar-refractivity contribution in [2.45, 2.75) is 33.0 Å². The first kappa shape index (κ1) is 24.0. The van der Waals surface area contributed by atoms with Crippen molar-refractivity contribution in [3.05, 3.63) is 107 Å². The van der Waals surface area contributed by atoms with Gasteiger partial charge in [-0.3, -0.25) is 0 Å². The third-order valence-corrected chi connectivity index (χ3v) is 5.46. The molecule has 0 saturated heterocycles. The number of pyridine rings is 1. The molecule has 0 spiro atoms. The molecule has 0 amide bonds. The van der Waals surface area contributed by atoms with Crippen molar-refractivity contribution in [2.75, 3.05) is 0 Å². The average Bonchev–Trinajstić information content (AvgIpc) is 2.87. The van der Waals surface area contributed by atoms with Crippen LogP contribution in [0.5, 0.6) is 11.5 Å². The topological polar surface area (TPSA) is 68.7 Å². The summed E-state index contributed by atoms with van der Waals surface area (Å²) in [5.74, 6) is -0.199. The number of carboxylic acid groups (broad SMARTS) is 1. The highest BCUT2D eigenvalue weighted by atomic mass is 19.1. The number of aliphatic carboxylic acids is 1. The van der Waals surface area contributed by atoms with Crippen LogP contribution in [0, 0.1) is 5.82 Å². The highest BCUT2D eigenvalue weighted by molar-refractivity contribution is 5.92. The first-order valence-electron chi connectivity index (χ1n) is 11.4. The molecule has 1 heterocycles. The fraction of sp³-hybridized carbons (Fsp3) is 0.172. The molecular weight excluding hydrogens is 445 g/mol. The minimum Gasteiger partial charge on any atom is -0.488 e. The smallest absolute Gasteiger partial charge is 0.331 e. The van der Waals surface area contributed by atoms with Crippen molar-refractivity contribution in [2.24, 2.45) is 0 Å². The number of hydrogen-bond acceptors (Lipinski definition) is 4. The zero-order valence-corrected chi connectivity index (χ0v) is 19.4. The van der Waals surface area contributed by atoms with Gasteiger partial charge in [-0.05, 0) is 60.5 Å². The lowest BCUT2D eigenvalue weighted by molar-refractivity contribution is -0.132. The maximum absolute atomic E-state index is 13.2. The fourth-order valence-electron chi connectivity index (χ4n) is 3.65. The van der Waals surface area contributed by atoms with E-state index in [9.17, 15) is 14.3 Å². The van der Waals surface area contributed by atoms with E-state index >= 15 is 0 Å². The Labute approximate surface area is 203 Å². The molecule has 0 fully saturated rings. The number of halogens is 1. The molecule has 6 heteroatoms. The Bertz CT molecular complexity index is 1350. The number of aromatic nitrogens is 1. The van der Waals surface area contributed by atoms with E-state index < -0.39 is 5.97 Å². The van der Waals surface area contributed by atoms with E-state index in [4.69, 9.17) is 9.47 Å². The van der Waals surface area contributed by atoms with Gasteiger partial charge in [-0.15, -0.1) is 0 Å². The number of fused-ring (bicyclic) bond motifs is 1. The quantitative estimate of drug-likeness (QED) is 0.258. The third kappa shape index (κ3) is 6.44. The second-order valence-corrected chi connectivity index (χ2v) is 8.12. The molecule has 0 aliphatic heterocycles. The van der Waals surface area contributed by atoms with Gasteiger partial charge < -0.3 is 14.6 Å². The van der Waals surface area contributed by atoms with E-state index in [1.807, 2.05) is 43.3 Å². The summed E-state index contributed by atoms with van der Waals surface area (Å²) in [6.45, 7) is 2.42. The maximum atomic E-state index is 13.2. The molecule has 1 aromatic heterocycles. The standard InChI is InChI=1S/C29H26FNO4/c1-2-5-22(29(32)33)16-23-17-26(14-15-28(23)35-18-20-8-11-24(30)12-9-20)34-19-25-13-10-21-6-3-4-7-27(21)31-25/h3-4,6-17H,2,5,18-19H2,1H3,(H,32,33)/b22-16+. The lowest BCUT2D eigenvalue weighted by atomic mass is 10.1. The SMILES string of the molecule is CCC/C(=C\c1cc(OCc2ccc3ccccc3n2)ccc1OCc1ccc(F)cc1)C(=O)O. The van der Waals surface area contributed by atoms with Crippen LogP contribution < -0.4 is 9.47 Å². The molecule has 0 saturated carbocycles. The number of para-hydroxylation sites is 1. The second kappa shape index (κ2) is 11.3. The summed E-state index contributed by atoms with van der Waals surface area (Å²) in [6.07, 6.45) is 2.75. The number of ether oxygens (including phenoxy) is 2. The van der Waals surface area contributed by atoms with Gasteiger partial charge in [-0.25, -0.2) is 14.2 Å². The zero-order chi connectivity index (χ0) is 24.6. The van der Waals surface area contributed by atoms with Gasteiger partial charge in [0, 0.05) is 16.5 Å². The summed E-state index contributed by atoms with van der Waals surface area (Å²) in [4.78, 5) is 16.4. The number of carbonyl (C=O) groups is 1. The van der Waals surface area contributed by atoms with Gasteiger partial charge in [-0.1, -0.05) is 49.7 Å². The van der Waals surface area contributed by atoms with E-state index in [2.05, 4.69) is 4.98 Å². The minimum absolute atomic E-state index is 0.221. The van der Waals surface area contributed by atoms with Crippen LogP contribution in [0.2, 0.25) is 0 Å². The van der Waals surface area contributed by atoms with Crippen LogP contribution in [-0.4, -0.2) is 16.1 Å². The van der Waals surface area contributed by atoms with Crippen LogP contribution in [0.4, 0.5) is 4.39 Å². The number of carboxylic acids is 1. The number of rotatable bonds is 10. The summed E-state index contributed by atoms with van der Waals surface area (Å²) in [5, 5.41) is 10.7. The Balaban J connectivity index is 1.56. The molecule has 5 nitrogen and oxygen atoms in total. The summed E-state index contributed by atoms with van der Waals surface area (Å²) in [7, 11) is 0. The van der Waals surface area contributed by atoms with Gasteiger partial charge in [-0.2, -0.15) is 0 Å². The highest BCUT2D eigenvalue weighted by Gasteiger charge is 2.11. The van der Waals surface area contributed by atoms with Gasteiger partial charge >= 0.3 is 5.97 Å². The van der Waals surface area contributed by atoms with Crippen molar-refractivity contribution in [1.82, 2.24) is 4.98 Å². The van der Waals surface area contributed by atoms with E-state index in [0.29, 0.717) is 29.9 Å². The van der Waals surface area contributed by atoms with Crippen LogP contribution in [0.15, 0.2) is 84.4 Å². The van der Waals surface area contributed by atoms with E-state index in [0.717, 1.165) is 22.2 Å². The van der Waals surface area contributed by atoms with Gasteiger partial charge in [0.25, 0.3) is 0 Å².